The number of hydrogen-bond donors (Lipinski definition) is 0. The number of nitrogens with zero attached hydrogens (tertiary/aromatic N) is 1. The molecule has 0 heterocycles. The summed E-state index contributed by atoms with van der Waals surface area (Å²) in [6, 6.07) is 9.00. The molecular weight excluding hydrogens is 278 g/mol. The summed E-state index contributed by atoms with van der Waals surface area (Å²) < 4.78 is 0. The maximum absolute atomic E-state index is 2.67. The summed E-state index contributed by atoms with van der Waals surface area (Å²) in [6.07, 6.45) is 3.66. The third kappa shape index (κ3) is 5.86. The molecule has 0 aliphatic carbocycles. The molecule has 0 saturated heterocycles. The molecule has 0 atom stereocenters. The van der Waals surface area contributed by atoms with Gasteiger partial charge in [-0.15, -0.1) is 0 Å². The van der Waals surface area contributed by atoms with E-state index in [-0.39, 0.29) is 11.0 Å². The van der Waals surface area contributed by atoms with E-state index in [0.29, 0.717) is 5.41 Å². The van der Waals surface area contributed by atoms with Gasteiger partial charge in [-0.3, -0.25) is 0 Å². The summed E-state index contributed by atoms with van der Waals surface area (Å²) in [5.74, 6) is 0. The van der Waals surface area contributed by atoms with Crippen molar-refractivity contribution in [2.24, 2.45) is 5.41 Å². The normalized spacial score (nSPS) is 13.3. The topological polar surface area (TPSA) is 3.24 Å². The Labute approximate surface area is 145 Å². The number of anilines is 1. The zero-order valence-corrected chi connectivity index (χ0v) is 17.1. The van der Waals surface area contributed by atoms with Crippen LogP contribution in [0.2, 0.25) is 0 Å². The van der Waals surface area contributed by atoms with E-state index in [1.54, 1.807) is 0 Å². The Morgan fingerprint density at radius 1 is 0.870 bits per heavy atom. The fourth-order valence-corrected chi connectivity index (χ4v) is 3.80. The van der Waals surface area contributed by atoms with Gasteiger partial charge in [0.05, 0.1) is 0 Å². The smallest absolute Gasteiger partial charge is 0.0408 e. The second kappa shape index (κ2) is 7.28. The Balaban J connectivity index is 3.33. The monoisotopic (exact) mass is 317 g/mol. The van der Waals surface area contributed by atoms with E-state index in [1.165, 1.54) is 30.5 Å². The molecule has 0 saturated carbocycles. The summed E-state index contributed by atoms with van der Waals surface area (Å²) in [5, 5.41) is 0. The second-order valence-electron chi connectivity index (χ2n) is 9.82. The lowest BCUT2D eigenvalue weighted by molar-refractivity contribution is 0.270. The van der Waals surface area contributed by atoms with Crippen molar-refractivity contribution in [2.45, 2.75) is 92.5 Å². The van der Waals surface area contributed by atoms with Gasteiger partial charge in [-0.2, -0.15) is 0 Å². The molecule has 0 N–H and O–H groups in total. The highest BCUT2D eigenvalue weighted by Gasteiger charge is 2.33. The summed E-state index contributed by atoms with van der Waals surface area (Å²) in [7, 11) is 0. The van der Waals surface area contributed by atoms with E-state index in [0.717, 1.165) is 6.54 Å². The minimum Gasteiger partial charge on any atom is -0.366 e. The van der Waals surface area contributed by atoms with Gasteiger partial charge >= 0.3 is 0 Å². The minimum absolute atomic E-state index is 0.148. The van der Waals surface area contributed by atoms with E-state index in [2.05, 4.69) is 91.5 Å². The lowest BCUT2D eigenvalue weighted by Gasteiger charge is -2.46. The number of unbranched alkanes of at least 4 members (excludes halogenated alkanes) is 1. The van der Waals surface area contributed by atoms with Crippen molar-refractivity contribution in [1.82, 2.24) is 0 Å². The third-order valence-electron chi connectivity index (χ3n) is 4.43. The van der Waals surface area contributed by atoms with Crippen LogP contribution in [0, 0.1) is 5.41 Å². The average molecular weight is 318 g/mol. The summed E-state index contributed by atoms with van der Waals surface area (Å²) in [5.41, 5.74) is 3.51. The first-order valence-electron chi connectivity index (χ1n) is 9.26. The van der Waals surface area contributed by atoms with Gasteiger partial charge in [-0.05, 0) is 49.1 Å². The molecule has 1 heteroatoms. The van der Waals surface area contributed by atoms with Gasteiger partial charge in [0.25, 0.3) is 0 Å². The highest BCUT2D eigenvalue weighted by molar-refractivity contribution is 5.58. The van der Waals surface area contributed by atoms with Gasteiger partial charge in [0.2, 0.25) is 0 Å². The summed E-state index contributed by atoms with van der Waals surface area (Å²) >= 11 is 0. The van der Waals surface area contributed by atoms with Crippen molar-refractivity contribution in [3.8, 4) is 0 Å². The van der Waals surface area contributed by atoms with E-state index in [1.807, 2.05) is 0 Å². The first-order valence-corrected chi connectivity index (χ1v) is 9.26. The van der Waals surface area contributed by atoms with Gasteiger partial charge in [-0.1, -0.05) is 73.1 Å². The zero-order chi connectivity index (χ0) is 17.9. The highest BCUT2D eigenvalue weighted by Crippen LogP contribution is 2.39. The molecule has 132 valence electrons. The molecule has 0 amide bonds. The third-order valence-corrected chi connectivity index (χ3v) is 4.43. The van der Waals surface area contributed by atoms with E-state index in [9.17, 15) is 0 Å². The minimum atomic E-state index is 0.148. The van der Waals surface area contributed by atoms with Gasteiger partial charge in [0.1, 0.15) is 0 Å². The van der Waals surface area contributed by atoms with Crippen molar-refractivity contribution >= 4 is 5.69 Å². The second-order valence-corrected chi connectivity index (χ2v) is 9.82. The molecule has 0 spiro atoms. The molecule has 0 radical (unpaired) electrons. The largest absolute Gasteiger partial charge is 0.366 e. The predicted molar refractivity (Wildman–Crippen MR) is 106 cm³/mol. The maximum Gasteiger partial charge on any atom is 0.0408 e. The molecule has 0 unspecified atom stereocenters. The Morgan fingerprint density at radius 3 is 1.91 bits per heavy atom. The van der Waals surface area contributed by atoms with Crippen LogP contribution in [0.4, 0.5) is 5.69 Å². The first kappa shape index (κ1) is 20.1. The van der Waals surface area contributed by atoms with Crippen LogP contribution >= 0.6 is 0 Å². The fourth-order valence-electron chi connectivity index (χ4n) is 3.80. The van der Waals surface area contributed by atoms with Crippen molar-refractivity contribution in [2.75, 3.05) is 11.4 Å². The molecule has 23 heavy (non-hydrogen) atoms. The molecule has 0 aromatic heterocycles. The molecule has 1 aromatic rings. The van der Waals surface area contributed by atoms with E-state index >= 15 is 0 Å². The van der Waals surface area contributed by atoms with E-state index < -0.39 is 0 Å². The number of rotatable bonds is 6. The quantitative estimate of drug-likeness (QED) is 0.557. The fraction of sp³-hybridized carbons (Fsp3) is 0.727. The standard InChI is InChI=1S/C22H39N/c1-10-11-16-23(22(8,9)17-20(2,3)4)19-15-13-12-14-18(19)21(5,6)7/h12-15H,10-11,16-17H2,1-9H3. The van der Waals surface area contributed by atoms with Crippen LogP contribution in [0.15, 0.2) is 24.3 Å². The number of para-hydroxylation sites is 1. The molecule has 0 aliphatic heterocycles. The van der Waals surface area contributed by atoms with Crippen LogP contribution in [-0.4, -0.2) is 12.1 Å². The first-order chi connectivity index (χ1) is 10.4. The molecule has 0 bridgehead atoms. The number of hydrogen-bond acceptors (Lipinski definition) is 1. The van der Waals surface area contributed by atoms with Crippen LogP contribution < -0.4 is 4.90 Å². The Kier molecular flexibility index (Phi) is 6.35. The van der Waals surface area contributed by atoms with Crippen molar-refractivity contribution in [3.05, 3.63) is 29.8 Å². The molecule has 1 rings (SSSR count). The van der Waals surface area contributed by atoms with Crippen molar-refractivity contribution in [1.29, 1.82) is 0 Å². The van der Waals surface area contributed by atoms with Gasteiger partial charge in [0.15, 0.2) is 0 Å². The van der Waals surface area contributed by atoms with Gasteiger partial charge < -0.3 is 4.90 Å². The average Bonchev–Trinajstić information content (AvgIpc) is 2.35. The van der Waals surface area contributed by atoms with Gasteiger partial charge in [0, 0.05) is 17.8 Å². The van der Waals surface area contributed by atoms with Crippen LogP contribution in [0.25, 0.3) is 0 Å². The summed E-state index contributed by atoms with van der Waals surface area (Å²) in [4.78, 5) is 2.67. The number of benzene rings is 1. The van der Waals surface area contributed by atoms with Crippen LogP contribution in [-0.2, 0) is 5.41 Å². The highest BCUT2D eigenvalue weighted by atomic mass is 15.2. The Bertz CT molecular complexity index is 485. The molecule has 1 nitrogen and oxygen atoms in total. The van der Waals surface area contributed by atoms with E-state index in [4.69, 9.17) is 0 Å². The molecular formula is C22H39N. The van der Waals surface area contributed by atoms with Crippen LogP contribution in [0.3, 0.4) is 0 Å². The molecule has 0 fully saturated rings. The van der Waals surface area contributed by atoms with Crippen LogP contribution in [0.5, 0.6) is 0 Å². The summed E-state index contributed by atoms with van der Waals surface area (Å²) in [6.45, 7) is 22.2. The van der Waals surface area contributed by atoms with Gasteiger partial charge in [-0.25, -0.2) is 0 Å². The predicted octanol–water partition coefficient (Wildman–Crippen LogP) is 6.81. The van der Waals surface area contributed by atoms with Crippen molar-refractivity contribution < 1.29 is 0 Å². The van der Waals surface area contributed by atoms with Crippen LogP contribution in [0.1, 0.15) is 87.1 Å². The Hall–Kier alpha value is -0.980. The van der Waals surface area contributed by atoms with Crippen molar-refractivity contribution in [3.63, 3.8) is 0 Å². The lowest BCUT2D eigenvalue weighted by atomic mass is 9.79. The SMILES string of the molecule is CCCCN(c1ccccc1C(C)(C)C)C(C)(C)CC(C)(C)C. The zero-order valence-electron chi connectivity index (χ0n) is 17.1. The Morgan fingerprint density at radius 2 is 1.43 bits per heavy atom. The lowest BCUT2D eigenvalue weighted by Crippen LogP contribution is -2.48. The maximum atomic E-state index is 2.67. The molecule has 1 aromatic carbocycles. The molecule has 0 aliphatic rings.